The number of hydrogen-bond donors (Lipinski definition) is 1. The number of fused-ring (bicyclic) bond motifs is 1. The highest BCUT2D eigenvalue weighted by molar-refractivity contribution is 7.91. The van der Waals surface area contributed by atoms with Crippen molar-refractivity contribution in [3.05, 3.63) is 130 Å². The van der Waals surface area contributed by atoms with Crippen molar-refractivity contribution in [3.8, 4) is 5.69 Å². The summed E-state index contributed by atoms with van der Waals surface area (Å²) in [5, 5.41) is 0. The van der Waals surface area contributed by atoms with Gasteiger partial charge < -0.3 is 0 Å². The van der Waals surface area contributed by atoms with Crippen LogP contribution in [-0.4, -0.2) is 23.0 Å². The van der Waals surface area contributed by atoms with Gasteiger partial charge in [-0.05, 0) is 41.5 Å². The average Bonchev–Trinajstić information content (AvgIpc) is 2.85. The van der Waals surface area contributed by atoms with Gasteiger partial charge in [-0.25, -0.2) is 18.4 Å². The van der Waals surface area contributed by atoms with Gasteiger partial charge in [-0.15, -0.1) is 0 Å². The molecule has 0 aliphatic rings. The van der Waals surface area contributed by atoms with E-state index >= 15 is 0 Å². The molecule has 0 aliphatic heterocycles. The molecule has 8 heteroatoms. The molecule has 3 aromatic carbocycles. The molecule has 5 aromatic rings. The molecule has 7 nitrogen and oxygen atoms in total. The van der Waals surface area contributed by atoms with Gasteiger partial charge in [0.15, 0.2) is 5.65 Å². The molecule has 0 atom stereocenters. The number of sulfonamides is 1. The molecule has 0 radical (unpaired) electrons. The molecule has 0 spiro atoms. The summed E-state index contributed by atoms with van der Waals surface area (Å²) in [4.78, 5) is 22.5. The molecule has 0 saturated carbocycles. The Hall–Kier alpha value is -4.30. The van der Waals surface area contributed by atoms with Gasteiger partial charge in [-0.2, -0.15) is 0 Å². The van der Waals surface area contributed by atoms with Crippen LogP contribution < -0.4 is 10.3 Å². The van der Waals surface area contributed by atoms with E-state index in [0.29, 0.717) is 40.2 Å². The van der Waals surface area contributed by atoms with Crippen LogP contribution in [0.25, 0.3) is 16.9 Å². The van der Waals surface area contributed by atoms with Crippen LogP contribution in [0.5, 0.6) is 0 Å². The lowest BCUT2D eigenvalue weighted by Gasteiger charge is -2.14. The summed E-state index contributed by atoms with van der Waals surface area (Å²) in [5.74, 6) is -0.154. The van der Waals surface area contributed by atoms with Crippen molar-refractivity contribution in [1.29, 1.82) is 0 Å². The first-order valence-corrected chi connectivity index (χ1v) is 12.7. The summed E-state index contributed by atoms with van der Waals surface area (Å²) in [6.07, 6.45) is 1.97. The predicted octanol–water partition coefficient (Wildman–Crippen LogP) is 4.31. The van der Waals surface area contributed by atoms with Crippen LogP contribution in [0, 0.1) is 0 Å². The van der Waals surface area contributed by atoms with Gasteiger partial charge in [0.25, 0.3) is 5.56 Å². The Morgan fingerprint density at radius 2 is 1.51 bits per heavy atom. The Morgan fingerprint density at radius 1 is 0.800 bits per heavy atom. The van der Waals surface area contributed by atoms with Crippen LogP contribution >= 0.6 is 0 Å². The minimum atomic E-state index is -3.65. The SMILES string of the molecule is O=c1c(Cc2ccccc2)nc2cccnc2n1-c1cccc(NS(=O)(=O)Cc2ccccc2)c1. The van der Waals surface area contributed by atoms with Gasteiger partial charge >= 0.3 is 0 Å². The van der Waals surface area contributed by atoms with Gasteiger partial charge in [0, 0.05) is 12.6 Å². The van der Waals surface area contributed by atoms with E-state index < -0.39 is 10.0 Å². The van der Waals surface area contributed by atoms with Crippen LogP contribution in [0.2, 0.25) is 0 Å². The minimum absolute atomic E-state index is 0.154. The maximum atomic E-state index is 13.5. The third-order valence-corrected chi connectivity index (χ3v) is 6.73. The maximum absolute atomic E-state index is 13.5. The number of aromatic nitrogens is 3. The molecular formula is C27H22N4O3S. The van der Waals surface area contributed by atoms with E-state index in [1.807, 2.05) is 36.4 Å². The van der Waals surface area contributed by atoms with Crippen molar-refractivity contribution in [3.63, 3.8) is 0 Å². The molecule has 0 bridgehead atoms. The molecule has 2 heterocycles. The number of pyridine rings is 1. The summed E-state index contributed by atoms with van der Waals surface area (Å²) < 4.78 is 29.6. The number of nitrogens with one attached hydrogen (secondary N) is 1. The molecular weight excluding hydrogens is 460 g/mol. The van der Waals surface area contributed by atoms with Crippen LogP contribution in [0.3, 0.4) is 0 Å². The second kappa shape index (κ2) is 9.52. The molecule has 0 unspecified atom stereocenters. The first-order valence-electron chi connectivity index (χ1n) is 11.0. The molecule has 0 aliphatic carbocycles. The van der Waals surface area contributed by atoms with E-state index in [1.54, 1.807) is 66.9 Å². The Balaban J connectivity index is 1.55. The highest BCUT2D eigenvalue weighted by Crippen LogP contribution is 2.20. The average molecular weight is 483 g/mol. The standard InChI is InChI=1S/C27H22N4O3S/c32-27-25(17-20-9-3-1-4-10-20)29-24-15-8-16-28-26(24)31(27)23-14-7-13-22(18-23)30-35(33,34)19-21-11-5-2-6-12-21/h1-16,18,30H,17,19H2. The van der Waals surface area contributed by atoms with Crippen molar-refractivity contribution >= 4 is 26.9 Å². The van der Waals surface area contributed by atoms with Crippen LogP contribution in [0.4, 0.5) is 5.69 Å². The quantitative estimate of drug-likeness (QED) is 0.373. The maximum Gasteiger partial charge on any atom is 0.278 e. The molecule has 174 valence electrons. The van der Waals surface area contributed by atoms with Crippen molar-refractivity contribution in [2.45, 2.75) is 12.2 Å². The summed E-state index contributed by atoms with van der Waals surface area (Å²) >= 11 is 0. The highest BCUT2D eigenvalue weighted by atomic mass is 32.2. The molecule has 0 saturated heterocycles. The number of hydrogen-bond acceptors (Lipinski definition) is 5. The monoisotopic (exact) mass is 482 g/mol. The van der Waals surface area contributed by atoms with Crippen molar-refractivity contribution in [1.82, 2.24) is 14.5 Å². The third-order valence-electron chi connectivity index (χ3n) is 5.47. The topological polar surface area (TPSA) is 93.9 Å². The lowest BCUT2D eigenvalue weighted by molar-refractivity contribution is 0.600. The predicted molar refractivity (Wildman–Crippen MR) is 137 cm³/mol. The van der Waals surface area contributed by atoms with Gasteiger partial charge in [-0.1, -0.05) is 66.7 Å². The number of benzene rings is 3. The van der Waals surface area contributed by atoms with E-state index in [2.05, 4.69) is 14.7 Å². The van der Waals surface area contributed by atoms with Gasteiger partial charge in [0.1, 0.15) is 11.2 Å². The van der Waals surface area contributed by atoms with Crippen molar-refractivity contribution in [2.75, 3.05) is 4.72 Å². The van der Waals surface area contributed by atoms with E-state index in [9.17, 15) is 13.2 Å². The Morgan fingerprint density at radius 3 is 2.26 bits per heavy atom. The summed E-state index contributed by atoms with van der Waals surface area (Å²) in [6, 6.07) is 28.9. The highest BCUT2D eigenvalue weighted by Gasteiger charge is 2.16. The van der Waals surface area contributed by atoms with Crippen molar-refractivity contribution < 1.29 is 8.42 Å². The molecule has 0 fully saturated rings. The summed E-state index contributed by atoms with van der Waals surface area (Å²) in [7, 11) is -3.65. The Kier molecular flexibility index (Phi) is 6.12. The van der Waals surface area contributed by atoms with Crippen LogP contribution in [0.15, 0.2) is 108 Å². The van der Waals surface area contributed by atoms with Crippen LogP contribution in [0.1, 0.15) is 16.8 Å². The lowest BCUT2D eigenvalue weighted by Crippen LogP contribution is -2.25. The van der Waals surface area contributed by atoms with E-state index in [0.717, 1.165) is 5.56 Å². The third kappa shape index (κ3) is 5.12. The summed E-state index contributed by atoms with van der Waals surface area (Å²) in [5.41, 5.74) is 3.56. The second-order valence-electron chi connectivity index (χ2n) is 8.10. The molecule has 5 rings (SSSR count). The van der Waals surface area contributed by atoms with Gasteiger partial charge in [0.05, 0.1) is 17.1 Å². The molecule has 1 N–H and O–H groups in total. The minimum Gasteiger partial charge on any atom is -0.283 e. The smallest absolute Gasteiger partial charge is 0.278 e. The summed E-state index contributed by atoms with van der Waals surface area (Å²) in [6.45, 7) is 0. The largest absolute Gasteiger partial charge is 0.283 e. The second-order valence-corrected chi connectivity index (χ2v) is 9.83. The van der Waals surface area contributed by atoms with E-state index in [-0.39, 0.29) is 11.3 Å². The Labute approximate surface area is 202 Å². The zero-order valence-electron chi connectivity index (χ0n) is 18.7. The van der Waals surface area contributed by atoms with E-state index in [1.165, 1.54) is 4.57 Å². The molecule has 35 heavy (non-hydrogen) atoms. The first kappa shape index (κ1) is 22.5. The molecule has 2 aromatic heterocycles. The Bertz CT molecular complexity index is 1650. The zero-order valence-corrected chi connectivity index (χ0v) is 19.5. The number of anilines is 1. The molecule has 0 amide bonds. The first-order chi connectivity index (χ1) is 17.0. The fraction of sp³-hybridized carbons (Fsp3) is 0.0741. The van der Waals surface area contributed by atoms with Gasteiger partial charge in [0.2, 0.25) is 10.0 Å². The fourth-order valence-corrected chi connectivity index (χ4v) is 5.12. The van der Waals surface area contributed by atoms with Crippen LogP contribution in [-0.2, 0) is 22.2 Å². The van der Waals surface area contributed by atoms with Gasteiger partial charge in [-0.3, -0.25) is 14.1 Å². The fourth-order valence-electron chi connectivity index (χ4n) is 3.93. The number of rotatable bonds is 7. The van der Waals surface area contributed by atoms with E-state index in [4.69, 9.17) is 0 Å². The van der Waals surface area contributed by atoms with Crippen molar-refractivity contribution in [2.24, 2.45) is 0 Å². The number of nitrogens with zero attached hydrogens (tertiary/aromatic N) is 3. The zero-order chi connectivity index (χ0) is 24.3. The normalized spacial score (nSPS) is 11.4. The lowest BCUT2D eigenvalue weighted by atomic mass is 10.1.